The highest BCUT2D eigenvalue weighted by atomic mass is 79.9. The lowest BCUT2D eigenvalue weighted by Crippen LogP contribution is -2.40. The van der Waals surface area contributed by atoms with Crippen molar-refractivity contribution in [2.24, 2.45) is 4.99 Å². The summed E-state index contributed by atoms with van der Waals surface area (Å²) in [6.45, 7) is 4.17. The molecule has 0 N–H and O–H groups in total. The predicted molar refractivity (Wildman–Crippen MR) is 178 cm³/mol. The van der Waals surface area contributed by atoms with E-state index in [9.17, 15) is 9.59 Å². The fourth-order valence-corrected chi connectivity index (χ4v) is 6.85. The average Bonchev–Trinajstić information content (AvgIpc) is 3.31. The molecule has 11 heteroatoms. The molecule has 0 saturated heterocycles. The Morgan fingerprint density at radius 3 is 2.61 bits per heavy atom. The van der Waals surface area contributed by atoms with E-state index in [1.54, 1.807) is 42.9 Å². The van der Waals surface area contributed by atoms with E-state index in [1.807, 2.05) is 49.4 Å². The van der Waals surface area contributed by atoms with E-state index in [-0.39, 0.29) is 18.8 Å². The van der Waals surface area contributed by atoms with Gasteiger partial charge in [0, 0.05) is 31.2 Å². The molecule has 0 fully saturated rings. The Labute approximate surface area is 277 Å². The minimum Gasteiger partial charge on any atom is -0.496 e. The maximum Gasteiger partial charge on any atom is 0.338 e. The van der Waals surface area contributed by atoms with E-state index >= 15 is 0 Å². The molecule has 4 aromatic rings. The molecule has 7 nitrogen and oxygen atoms in total. The zero-order chi connectivity index (χ0) is 31.4. The molecule has 5 rings (SSSR count). The number of nitrogens with zero attached hydrogens (tertiary/aromatic N) is 2. The van der Waals surface area contributed by atoms with Gasteiger partial charge in [-0.1, -0.05) is 88.1 Å². The smallest absolute Gasteiger partial charge is 0.338 e. The molecule has 0 bridgehead atoms. The van der Waals surface area contributed by atoms with Crippen LogP contribution in [0, 0.1) is 0 Å². The van der Waals surface area contributed by atoms with Crippen LogP contribution in [0.25, 0.3) is 6.08 Å². The fraction of sp³-hybridized carbons (Fsp3) is 0.242. The van der Waals surface area contributed by atoms with E-state index in [1.165, 1.54) is 11.3 Å². The number of ether oxygens (including phenoxy) is 3. The summed E-state index contributed by atoms with van der Waals surface area (Å²) in [5.41, 5.74) is 2.75. The maximum atomic E-state index is 14.2. The number of carbonyl (C=O) groups excluding carboxylic acids is 1. The molecular formula is C33H29BrCl2N2O5S. The van der Waals surface area contributed by atoms with Gasteiger partial charge in [0.15, 0.2) is 4.80 Å². The summed E-state index contributed by atoms with van der Waals surface area (Å²) in [4.78, 5) is 33.1. The molecule has 228 valence electrons. The second kappa shape index (κ2) is 14.2. The van der Waals surface area contributed by atoms with Crippen molar-refractivity contribution in [3.05, 3.63) is 123 Å². The number of allylic oxidation sites excluding steroid dienone is 1. The second-order valence-electron chi connectivity index (χ2n) is 9.86. The monoisotopic (exact) mass is 714 g/mol. The number of benzene rings is 3. The zero-order valence-corrected chi connectivity index (χ0v) is 28.1. The number of thiazole rings is 1. The van der Waals surface area contributed by atoms with Crippen LogP contribution in [0.2, 0.25) is 10.0 Å². The zero-order valence-electron chi connectivity index (χ0n) is 24.2. The van der Waals surface area contributed by atoms with Gasteiger partial charge >= 0.3 is 5.97 Å². The standard InChI is InChI=1S/C33H29BrCl2N2O5S/c1-4-8-25-29(32(40)42-5-2)30(23-16-21(34)12-14-27(23)41-3)38-31(39)28(44-33(38)37-25)15-19-9-6-7-10-26(19)43-18-20-11-13-22(35)17-24(20)36/h6-7,9-17,30H,4-5,8,18H2,1-3H3/b28-15+/t30-/m0/s1. The first-order chi connectivity index (χ1) is 21.2. The topological polar surface area (TPSA) is 79.1 Å². The Balaban J connectivity index is 1.67. The van der Waals surface area contributed by atoms with Crippen molar-refractivity contribution in [2.45, 2.75) is 39.3 Å². The molecule has 44 heavy (non-hydrogen) atoms. The van der Waals surface area contributed by atoms with Gasteiger partial charge in [0.2, 0.25) is 0 Å². The molecule has 0 saturated carbocycles. The Bertz CT molecular complexity index is 1930. The van der Waals surface area contributed by atoms with Gasteiger partial charge in [-0.25, -0.2) is 9.79 Å². The molecule has 3 aromatic carbocycles. The first-order valence-corrected chi connectivity index (χ1v) is 16.3. The van der Waals surface area contributed by atoms with Crippen molar-refractivity contribution in [1.29, 1.82) is 0 Å². The lowest BCUT2D eigenvalue weighted by molar-refractivity contribution is -0.139. The van der Waals surface area contributed by atoms with Gasteiger partial charge in [-0.15, -0.1) is 0 Å². The van der Waals surface area contributed by atoms with Crippen LogP contribution in [0.1, 0.15) is 49.4 Å². The van der Waals surface area contributed by atoms with Crippen molar-refractivity contribution in [3.63, 3.8) is 0 Å². The van der Waals surface area contributed by atoms with E-state index in [0.29, 0.717) is 59.7 Å². The highest BCUT2D eigenvalue weighted by molar-refractivity contribution is 9.10. The molecule has 0 unspecified atom stereocenters. The normalized spacial score (nSPS) is 14.7. The van der Waals surface area contributed by atoms with Gasteiger partial charge in [0.1, 0.15) is 24.1 Å². The Morgan fingerprint density at radius 1 is 1.09 bits per heavy atom. The molecule has 1 aliphatic heterocycles. The number of methoxy groups -OCH3 is 1. The van der Waals surface area contributed by atoms with Crippen molar-refractivity contribution >= 4 is 62.5 Å². The van der Waals surface area contributed by atoms with Crippen LogP contribution in [0.3, 0.4) is 0 Å². The third-order valence-corrected chi connectivity index (χ3v) is 9.05. The minimum atomic E-state index is -0.806. The first kappa shape index (κ1) is 32.0. The molecule has 1 aliphatic rings. The maximum absolute atomic E-state index is 14.2. The number of carbonyl (C=O) groups is 1. The molecule has 0 aliphatic carbocycles. The minimum absolute atomic E-state index is 0.187. The van der Waals surface area contributed by atoms with E-state index in [4.69, 9.17) is 42.4 Å². The SMILES string of the molecule is CCCC1=C(C(=O)OCC)[C@H](c2cc(Br)ccc2OC)n2c(s/c(=C/c3ccccc3OCc3ccc(Cl)cc3Cl)c2=O)=N1. The van der Waals surface area contributed by atoms with Crippen LogP contribution in [0.5, 0.6) is 11.5 Å². The van der Waals surface area contributed by atoms with Crippen molar-refractivity contribution in [1.82, 2.24) is 4.57 Å². The van der Waals surface area contributed by atoms with E-state index in [2.05, 4.69) is 15.9 Å². The van der Waals surface area contributed by atoms with E-state index < -0.39 is 12.0 Å². The lowest BCUT2D eigenvalue weighted by atomic mass is 9.93. The quantitative estimate of drug-likeness (QED) is 0.162. The third-order valence-electron chi connectivity index (χ3n) is 6.98. The summed E-state index contributed by atoms with van der Waals surface area (Å²) in [6, 6.07) is 17.4. The molecule has 1 aromatic heterocycles. The summed E-state index contributed by atoms with van der Waals surface area (Å²) in [7, 11) is 1.56. The Kier molecular flexibility index (Phi) is 10.3. The summed E-state index contributed by atoms with van der Waals surface area (Å²) >= 11 is 17.2. The predicted octanol–water partition coefficient (Wildman–Crippen LogP) is 7.24. The number of fused-ring (bicyclic) bond motifs is 1. The van der Waals surface area contributed by atoms with Crippen LogP contribution < -0.4 is 24.4 Å². The number of hydrogen-bond donors (Lipinski definition) is 0. The Hall–Kier alpha value is -3.37. The molecule has 2 heterocycles. The highest BCUT2D eigenvalue weighted by Crippen LogP contribution is 2.38. The molecule has 0 radical (unpaired) electrons. The van der Waals surface area contributed by atoms with Gasteiger partial charge in [-0.05, 0) is 55.8 Å². The van der Waals surface area contributed by atoms with Crippen LogP contribution >= 0.6 is 50.5 Å². The molecule has 1 atom stereocenters. The summed E-state index contributed by atoms with van der Waals surface area (Å²) in [5.74, 6) is 0.598. The number of aromatic nitrogens is 1. The highest BCUT2D eigenvalue weighted by Gasteiger charge is 2.36. The molecular weight excluding hydrogens is 687 g/mol. The summed E-state index contributed by atoms with van der Waals surface area (Å²) in [6.07, 6.45) is 3.07. The van der Waals surface area contributed by atoms with Gasteiger partial charge in [-0.2, -0.15) is 0 Å². The second-order valence-corrected chi connectivity index (χ2v) is 12.6. The first-order valence-electron chi connectivity index (χ1n) is 14.0. The number of para-hydroxylation sites is 1. The van der Waals surface area contributed by atoms with Gasteiger partial charge in [-0.3, -0.25) is 9.36 Å². The van der Waals surface area contributed by atoms with E-state index in [0.717, 1.165) is 16.5 Å². The number of rotatable bonds is 10. The number of esters is 1. The lowest BCUT2D eigenvalue weighted by Gasteiger charge is -2.27. The van der Waals surface area contributed by atoms with Crippen LogP contribution in [-0.2, 0) is 16.1 Å². The van der Waals surface area contributed by atoms with Crippen LogP contribution in [-0.4, -0.2) is 24.3 Å². The van der Waals surface area contributed by atoms with Crippen LogP contribution in [0.4, 0.5) is 0 Å². The van der Waals surface area contributed by atoms with Gasteiger partial charge < -0.3 is 14.2 Å². The number of halogens is 3. The molecule has 0 amide bonds. The number of hydrogen-bond acceptors (Lipinski definition) is 7. The van der Waals surface area contributed by atoms with Crippen LogP contribution in [0.15, 0.2) is 86.2 Å². The third kappa shape index (κ3) is 6.66. The molecule has 0 spiro atoms. The summed E-state index contributed by atoms with van der Waals surface area (Å²) < 4.78 is 20.1. The average molecular weight is 716 g/mol. The van der Waals surface area contributed by atoms with Crippen molar-refractivity contribution < 1.29 is 19.0 Å². The van der Waals surface area contributed by atoms with Crippen molar-refractivity contribution in [3.8, 4) is 11.5 Å². The Morgan fingerprint density at radius 2 is 1.89 bits per heavy atom. The van der Waals surface area contributed by atoms with Gasteiger partial charge in [0.05, 0.1) is 29.5 Å². The summed E-state index contributed by atoms with van der Waals surface area (Å²) in [5, 5.41) is 1.05. The van der Waals surface area contributed by atoms with Crippen molar-refractivity contribution in [2.75, 3.05) is 13.7 Å². The van der Waals surface area contributed by atoms with Gasteiger partial charge in [0.25, 0.3) is 5.56 Å². The fourth-order valence-electron chi connectivity index (χ4n) is 5.00. The largest absolute Gasteiger partial charge is 0.496 e.